The molecule has 0 bridgehead atoms. The zero-order valence-corrected chi connectivity index (χ0v) is 15.5. The van der Waals surface area contributed by atoms with E-state index in [0.717, 1.165) is 21.8 Å². The topological polar surface area (TPSA) is 80.4 Å². The predicted octanol–water partition coefficient (Wildman–Crippen LogP) is 3.85. The molecule has 1 unspecified atom stereocenters. The van der Waals surface area contributed by atoms with Crippen molar-refractivity contribution in [2.45, 2.75) is 11.8 Å². The summed E-state index contributed by atoms with van der Waals surface area (Å²) in [4.78, 5) is 9.63. The van der Waals surface area contributed by atoms with Gasteiger partial charge in [0.1, 0.15) is 0 Å². The predicted molar refractivity (Wildman–Crippen MR) is 108 cm³/mol. The molecule has 1 heterocycles. The van der Waals surface area contributed by atoms with Crippen LogP contribution in [0.3, 0.4) is 0 Å². The van der Waals surface area contributed by atoms with E-state index in [9.17, 15) is 4.21 Å². The number of guanidine groups is 1. The number of benzene rings is 2. The van der Waals surface area contributed by atoms with Crippen LogP contribution in [-0.4, -0.2) is 21.4 Å². The molecule has 0 aliphatic rings. The van der Waals surface area contributed by atoms with Crippen molar-refractivity contribution in [2.24, 2.45) is 10.7 Å². The molecule has 0 amide bonds. The first-order valence-corrected chi connectivity index (χ1v) is 9.66. The Labute approximate surface area is 155 Å². The second kappa shape index (κ2) is 7.93. The van der Waals surface area contributed by atoms with Gasteiger partial charge in [-0.25, -0.2) is 4.98 Å². The number of anilines is 1. The van der Waals surface area contributed by atoms with Crippen LogP contribution in [0.5, 0.6) is 0 Å². The Morgan fingerprint density at radius 2 is 1.81 bits per heavy atom. The fraction of sp³-hybridized carbons (Fsp3) is 0.100. The fourth-order valence-corrected chi connectivity index (χ4v) is 2.98. The van der Waals surface area contributed by atoms with Crippen molar-refractivity contribution < 1.29 is 4.21 Å². The van der Waals surface area contributed by atoms with Gasteiger partial charge in [0, 0.05) is 33.2 Å². The van der Waals surface area contributed by atoms with Crippen LogP contribution < -0.4 is 11.1 Å². The Hall–Kier alpha value is -2.99. The Balaban J connectivity index is 1.83. The maximum absolute atomic E-state index is 11.7. The molecule has 2 aromatic carbocycles. The highest BCUT2D eigenvalue weighted by Gasteiger charge is 2.04. The lowest BCUT2D eigenvalue weighted by Gasteiger charge is -2.07. The van der Waals surface area contributed by atoms with Crippen molar-refractivity contribution in [1.82, 2.24) is 4.98 Å². The van der Waals surface area contributed by atoms with E-state index in [1.807, 2.05) is 67.6 Å². The largest absolute Gasteiger partial charge is 0.369 e. The first-order valence-electron chi connectivity index (χ1n) is 8.10. The van der Waals surface area contributed by atoms with E-state index in [0.29, 0.717) is 5.82 Å². The Morgan fingerprint density at radius 3 is 2.54 bits per heavy atom. The number of hydrogen-bond acceptors (Lipinski definition) is 3. The third-order valence-electron chi connectivity index (χ3n) is 3.76. The quantitative estimate of drug-likeness (QED) is 0.544. The van der Waals surface area contributed by atoms with Crippen LogP contribution in [0, 0.1) is 6.92 Å². The Bertz CT molecular complexity index is 968. The summed E-state index contributed by atoms with van der Waals surface area (Å²) >= 11 is 0. The highest BCUT2D eigenvalue weighted by Crippen LogP contribution is 2.22. The van der Waals surface area contributed by atoms with E-state index in [1.165, 1.54) is 5.56 Å². The monoisotopic (exact) mass is 364 g/mol. The van der Waals surface area contributed by atoms with Gasteiger partial charge in [0.15, 0.2) is 11.8 Å². The molecule has 0 saturated carbocycles. The van der Waals surface area contributed by atoms with Crippen molar-refractivity contribution in [3.8, 4) is 11.3 Å². The molecule has 0 fully saturated rings. The summed E-state index contributed by atoms with van der Waals surface area (Å²) < 4.78 is 11.7. The summed E-state index contributed by atoms with van der Waals surface area (Å²) in [6.07, 6.45) is 1.66. The van der Waals surface area contributed by atoms with Gasteiger partial charge in [-0.1, -0.05) is 35.9 Å². The van der Waals surface area contributed by atoms with E-state index in [1.54, 1.807) is 12.3 Å². The SMILES string of the molecule is Cc1ccc(N/C(N)=N/c2cccc(-c3cccc(S(C)=O)c3)n2)cc1. The molecule has 1 atom stereocenters. The minimum atomic E-state index is -1.04. The molecule has 0 spiro atoms. The zero-order valence-electron chi connectivity index (χ0n) is 14.6. The molecule has 6 heteroatoms. The number of aromatic nitrogens is 1. The van der Waals surface area contributed by atoms with Crippen molar-refractivity contribution in [3.05, 3.63) is 72.3 Å². The van der Waals surface area contributed by atoms with E-state index in [-0.39, 0.29) is 5.96 Å². The Morgan fingerprint density at radius 1 is 1.08 bits per heavy atom. The molecule has 3 N–H and O–H groups in total. The van der Waals surface area contributed by atoms with E-state index in [2.05, 4.69) is 15.3 Å². The molecule has 0 aliphatic carbocycles. The first-order chi connectivity index (χ1) is 12.5. The molecule has 3 aromatic rings. The molecule has 0 radical (unpaired) electrons. The number of nitrogens with zero attached hydrogens (tertiary/aromatic N) is 2. The number of aryl methyl sites for hydroxylation is 1. The molecule has 1 aromatic heterocycles. The van der Waals surface area contributed by atoms with Crippen LogP contribution in [0.1, 0.15) is 5.56 Å². The smallest absolute Gasteiger partial charge is 0.199 e. The molecule has 0 saturated heterocycles. The minimum Gasteiger partial charge on any atom is -0.369 e. The summed E-state index contributed by atoms with van der Waals surface area (Å²) in [5.74, 6) is 0.768. The standard InChI is InChI=1S/C20H20N4OS/c1-14-9-11-16(12-10-14)22-20(21)24-19-8-4-7-18(23-19)15-5-3-6-17(13-15)26(2)25/h3-13H,1-2H3,(H3,21,22,23,24). The van der Waals surface area contributed by atoms with Crippen LogP contribution in [0.4, 0.5) is 11.5 Å². The summed E-state index contributed by atoms with van der Waals surface area (Å²) in [7, 11) is -1.04. The van der Waals surface area contributed by atoms with Gasteiger partial charge >= 0.3 is 0 Å². The van der Waals surface area contributed by atoms with Crippen LogP contribution in [0.2, 0.25) is 0 Å². The second-order valence-corrected chi connectivity index (χ2v) is 7.23. The third-order valence-corrected chi connectivity index (χ3v) is 4.67. The molecule has 0 aliphatic heterocycles. The highest BCUT2D eigenvalue weighted by atomic mass is 32.2. The average molecular weight is 364 g/mol. The van der Waals surface area contributed by atoms with Crippen LogP contribution in [-0.2, 0) is 10.8 Å². The minimum absolute atomic E-state index is 0.266. The Kier molecular flexibility index (Phi) is 5.43. The summed E-state index contributed by atoms with van der Waals surface area (Å²) in [6.45, 7) is 2.03. The van der Waals surface area contributed by atoms with Crippen LogP contribution in [0.25, 0.3) is 11.3 Å². The van der Waals surface area contributed by atoms with Gasteiger partial charge in [0.2, 0.25) is 0 Å². The number of pyridine rings is 1. The van der Waals surface area contributed by atoms with Gasteiger partial charge in [-0.05, 0) is 43.3 Å². The van der Waals surface area contributed by atoms with Gasteiger partial charge < -0.3 is 11.1 Å². The van der Waals surface area contributed by atoms with Crippen LogP contribution >= 0.6 is 0 Å². The van der Waals surface area contributed by atoms with Crippen molar-refractivity contribution in [1.29, 1.82) is 0 Å². The fourth-order valence-electron chi connectivity index (χ4n) is 2.42. The summed E-state index contributed by atoms with van der Waals surface area (Å²) in [5, 5.41) is 3.05. The molecule has 3 rings (SSSR count). The molecular formula is C20H20N4OS. The lowest BCUT2D eigenvalue weighted by Crippen LogP contribution is -2.21. The summed E-state index contributed by atoms with van der Waals surface area (Å²) in [6, 6.07) is 20.9. The lowest BCUT2D eigenvalue weighted by molar-refractivity contribution is 0.687. The molecule has 26 heavy (non-hydrogen) atoms. The number of aliphatic imine (C=N–C) groups is 1. The zero-order chi connectivity index (χ0) is 18.5. The van der Waals surface area contributed by atoms with Crippen molar-refractivity contribution in [2.75, 3.05) is 11.6 Å². The molecule has 132 valence electrons. The molecule has 5 nitrogen and oxygen atoms in total. The number of nitrogens with two attached hydrogens (primary N) is 1. The van der Waals surface area contributed by atoms with Gasteiger partial charge in [-0.2, -0.15) is 4.99 Å². The van der Waals surface area contributed by atoms with Crippen molar-refractivity contribution >= 4 is 28.3 Å². The maximum Gasteiger partial charge on any atom is 0.199 e. The van der Waals surface area contributed by atoms with Gasteiger partial charge in [0.05, 0.1) is 5.69 Å². The number of hydrogen-bond donors (Lipinski definition) is 2. The first kappa shape index (κ1) is 17.8. The number of nitrogens with one attached hydrogen (secondary N) is 1. The van der Waals surface area contributed by atoms with E-state index < -0.39 is 10.8 Å². The van der Waals surface area contributed by atoms with Gasteiger partial charge in [-0.15, -0.1) is 0 Å². The van der Waals surface area contributed by atoms with Crippen LogP contribution in [0.15, 0.2) is 76.6 Å². The van der Waals surface area contributed by atoms with Gasteiger partial charge in [0.25, 0.3) is 0 Å². The molecular weight excluding hydrogens is 344 g/mol. The number of rotatable bonds is 4. The average Bonchev–Trinajstić information content (AvgIpc) is 2.64. The second-order valence-electron chi connectivity index (χ2n) is 5.85. The third kappa shape index (κ3) is 4.55. The van der Waals surface area contributed by atoms with E-state index >= 15 is 0 Å². The van der Waals surface area contributed by atoms with Crippen molar-refractivity contribution in [3.63, 3.8) is 0 Å². The van der Waals surface area contributed by atoms with E-state index in [4.69, 9.17) is 5.73 Å². The highest BCUT2D eigenvalue weighted by molar-refractivity contribution is 7.84. The maximum atomic E-state index is 11.7. The summed E-state index contributed by atoms with van der Waals surface area (Å²) in [5.41, 5.74) is 9.67. The lowest BCUT2D eigenvalue weighted by atomic mass is 10.1. The normalized spacial score (nSPS) is 12.6. The van der Waals surface area contributed by atoms with Gasteiger partial charge in [-0.3, -0.25) is 4.21 Å².